The molecule has 2 aromatic rings. The SMILES string of the molecule is ON=C1C[C@H](c2ccccc2)Sc2ccccc21. The molecule has 0 amide bonds. The molecule has 0 spiro atoms. The van der Waals surface area contributed by atoms with Crippen LogP contribution in [-0.4, -0.2) is 10.9 Å². The molecule has 0 unspecified atom stereocenters. The number of rotatable bonds is 1. The van der Waals surface area contributed by atoms with Crippen molar-refractivity contribution in [3.05, 3.63) is 65.7 Å². The monoisotopic (exact) mass is 255 g/mol. The van der Waals surface area contributed by atoms with E-state index in [1.807, 2.05) is 48.2 Å². The van der Waals surface area contributed by atoms with Gasteiger partial charge in [-0.15, -0.1) is 11.8 Å². The summed E-state index contributed by atoms with van der Waals surface area (Å²) in [6, 6.07) is 18.5. The fourth-order valence-electron chi connectivity index (χ4n) is 2.24. The van der Waals surface area contributed by atoms with Gasteiger partial charge < -0.3 is 5.21 Å². The molecule has 1 heterocycles. The lowest BCUT2D eigenvalue weighted by Crippen LogP contribution is -2.13. The van der Waals surface area contributed by atoms with Gasteiger partial charge in [0.15, 0.2) is 0 Å². The van der Waals surface area contributed by atoms with Gasteiger partial charge in [0.1, 0.15) is 0 Å². The first kappa shape index (κ1) is 11.4. The molecular weight excluding hydrogens is 242 g/mol. The van der Waals surface area contributed by atoms with Crippen LogP contribution in [0.25, 0.3) is 0 Å². The Kier molecular flexibility index (Phi) is 3.07. The standard InChI is InChI=1S/C15H13NOS/c17-16-13-10-15(11-6-2-1-3-7-11)18-14-9-5-4-8-12(13)14/h1-9,15,17H,10H2/t15-/m1/s1. The number of benzene rings is 2. The number of thioether (sulfide) groups is 1. The van der Waals surface area contributed by atoms with Crippen molar-refractivity contribution in [2.75, 3.05) is 0 Å². The van der Waals surface area contributed by atoms with Gasteiger partial charge in [-0.3, -0.25) is 0 Å². The van der Waals surface area contributed by atoms with E-state index in [2.05, 4.69) is 23.4 Å². The van der Waals surface area contributed by atoms with Crippen LogP contribution in [0.1, 0.15) is 22.8 Å². The maximum absolute atomic E-state index is 9.18. The van der Waals surface area contributed by atoms with Crippen molar-refractivity contribution in [3.8, 4) is 0 Å². The molecule has 1 N–H and O–H groups in total. The Hall–Kier alpha value is -1.74. The number of fused-ring (bicyclic) bond motifs is 1. The molecule has 2 aromatic carbocycles. The summed E-state index contributed by atoms with van der Waals surface area (Å²) < 4.78 is 0. The minimum absolute atomic E-state index is 0.326. The van der Waals surface area contributed by atoms with E-state index < -0.39 is 0 Å². The van der Waals surface area contributed by atoms with E-state index >= 15 is 0 Å². The first-order chi connectivity index (χ1) is 8.88. The zero-order chi connectivity index (χ0) is 12.4. The quantitative estimate of drug-likeness (QED) is 0.614. The van der Waals surface area contributed by atoms with Gasteiger partial charge in [0.05, 0.1) is 5.71 Å². The van der Waals surface area contributed by atoms with Gasteiger partial charge in [0, 0.05) is 22.1 Å². The Morgan fingerprint density at radius 3 is 2.50 bits per heavy atom. The second kappa shape index (κ2) is 4.86. The van der Waals surface area contributed by atoms with Crippen molar-refractivity contribution in [1.82, 2.24) is 0 Å². The highest BCUT2D eigenvalue weighted by Gasteiger charge is 2.25. The average molecular weight is 255 g/mol. The highest BCUT2D eigenvalue weighted by Crippen LogP contribution is 2.44. The number of oxime groups is 1. The van der Waals surface area contributed by atoms with Gasteiger partial charge in [0.25, 0.3) is 0 Å². The predicted octanol–water partition coefficient (Wildman–Crippen LogP) is 4.10. The molecule has 0 radical (unpaired) electrons. The van der Waals surface area contributed by atoms with Crippen LogP contribution in [0.4, 0.5) is 0 Å². The number of hydrogen-bond acceptors (Lipinski definition) is 3. The molecule has 0 bridgehead atoms. The molecule has 2 nitrogen and oxygen atoms in total. The molecular formula is C15H13NOS. The normalized spacial score (nSPS) is 20.7. The average Bonchev–Trinajstić information content (AvgIpc) is 2.47. The van der Waals surface area contributed by atoms with E-state index in [9.17, 15) is 5.21 Å². The van der Waals surface area contributed by atoms with Crippen molar-refractivity contribution >= 4 is 17.5 Å². The lowest BCUT2D eigenvalue weighted by molar-refractivity contribution is 0.317. The molecule has 0 aliphatic carbocycles. The molecule has 3 heteroatoms. The third-order valence-electron chi connectivity index (χ3n) is 3.14. The molecule has 0 saturated carbocycles. The second-order valence-electron chi connectivity index (χ2n) is 4.26. The molecule has 3 rings (SSSR count). The Morgan fingerprint density at radius 1 is 1.00 bits per heavy atom. The Labute approximate surface area is 110 Å². The maximum Gasteiger partial charge on any atom is 0.0893 e. The molecule has 0 saturated heterocycles. The fourth-order valence-corrected chi connectivity index (χ4v) is 3.55. The summed E-state index contributed by atoms with van der Waals surface area (Å²) in [6.45, 7) is 0. The third-order valence-corrected chi connectivity index (χ3v) is 4.47. The van der Waals surface area contributed by atoms with Gasteiger partial charge in [-0.1, -0.05) is 53.7 Å². The van der Waals surface area contributed by atoms with Crippen LogP contribution in [-0.2, 0) is 0 Å². The third kappa shape index (κ3) is 2.02. The first-order valence-corrected chi connectivity index (χ1v) is 6.78. The van der Waals surface area contributed by atoms with Crippen molar-refractivity contribution in [3.63, 3.8) is 0 Å². The van der Waals surface area contributed by atoms with Crippen LogP contribution in [0.5, 0.6) is 0 Å². The molecule has 0 aromatic heterocycles. The smallest absolute Gasteiger partial charge is 0.0893 e. The van der Waals surface area contributed by atoms with Crippen LogP contribution in [0.2, 0.25) is 0 Å². The minimum atomic E-state index is 0.326. The van der Waals surface area contributed by atoms with Crippen molar-refractivity contribution in [1.29, 1.82) is 0 Å². The summed E-state index contributed by atoms with van der Waals surface area (Å²) in [5.74, 6) is 0. The van der Waals surface area contributed by atoms with Gasteiger partial charge in [-0.25, -0.2) is 0 Å². The summed E-state index contributed by atoms with van der Waals surface area (Å²) in [4.78, 5) is 1.19. The summed E-state index contributed by atoms with van der Waals surface area (Å²) in [5, 5.41) is 13.0. The zero-order valence-corrected chi connectivity index (χ0v) is 10.6. The fraction of sp³-hybridized carbons (Fsp3) is 0.133. The van der Waals surface area contributed by atoms with Gasteiger partial charge >= 0.3 is 0 Å². The molecule has 1 atom stereocenters. The van der Waals surface area contributed by atoms with E-state index in [-0.39, 0.29) is 0 Å². The van der Waals surface area contributed by atoms with Gasteiger partial charge in [0.2, 0.25) is 0 Å². The largest absolute Gasteiger partial charge is 0.411 e. The topological polar surface area (TPSA) is 32.6 Å². The summed E-state index contributed by atoms with van der Waals surface area (Å²) in [6.07, 6.45) is 0.766. The Bertz CT molecular complexity index is 580. The lowest BCUT2D eigenvalue weighted by Gasteiger charge is -2.24. The van der Waals surface area contributed by atoms with Crippen LogP contribution < -0.4 is 0 Å². The van der Waals surface area contributed by atoms with Gasteiger partial charge in [-0.05, 0) is 11.6 Å². The molecule has 0 fully saturated rings. The van der Waals surface area contributed by atoms with Crippen molar-refractivity contribution < 1.29 is 5.21 Å². The van der Waals surface area contributed by atoms with Gasteiger partial charge in [-0.2, -0.15) is 0 Å². The number of hydrogen-bond donors (Lipinski definition) is 1. The zero-order valence-electron chi connectivity index (χ0n) is 9.78. The molecule has 18 heavy (non-hydrogen) atoms. The van der Waals surface area contributed by atoms with E-state index in [4.69, 9.17) is 0 Å². The first-order valence-electron chi connectivity index (χ1n) is 5.90. The summed E-state index contributed by atoms with van der Waals surface area (Å²) >= 11 is 1.84. The van der Waals surface area contributed by atoms with Crippen molar-refractivity contribution in [2.45, 2.75) is 16.6 Å². The second-order valence-corrected chi connectivity index (χ2v) is 5.51. The summed E-state index contributed by atoms with van der Waals surface area (Å²) in [7, 11) is 0. The van der Waals surface area contributed by atoms with Crippen LogP contribution in [0.15, 0.2) is 64.6 Å². The molecule has 1 aliphatic heterocycles. The summed E-state index contributed by atoms with van der Waals surface area (Å²) in [5.41, 5.74) is 3.11. The van der Waals surface area contributed by atoms with E-state index in [1.165, 1.54) is 10.5 Å². The highest BCUT2D eigenvalue weighted by molar-refractivity contribution is 7.99. The lowest BCUT2D eigenvalue weighted by atomic mass is 10.0. The molecule has 90 valence electrons. The Morgan fingerprint density at radius 2 is 1.72 bits per heavy atom. The molecule has 1 aliphatic rings. The van der Waals surface area contributed by atoms with E-state index in [1.54, 1.807) is 0 Å². The van der Waals surface area contributed by atoms with Crippen LogP contribution in [0, 0.1) is 0 Å². The predicted molar refractivity (Wildman–Crippen MR) is 74.4 cm³/mol. The van der Waals surface area contributed by atoms with Crippen molar-refractivity contribution in [2.24, 2.45) is 5.16 Å². The van der Waals surface area contributed by atoms with E-state index in [0.29, 0.717) is 5.25 Å². The number of nitrogens with zero attached hydrogens (tertiary/aromatic N) is 1. The van der Waals surface area contributed by atoms with Crippen LogP contribution in [0.3, 0.4) is 0 Å². The minimum Gasteiger partial charge on any atom is -0.411 e. The maximum atomic E-state index is 9.18. The Balaban J connectivity index is 2.00. The van der Waals surface area contributed by atoms with E-state index in [0.717, 1.165) is 17.7 Å². The van der Waals surface area contributed by atoms with Crippen LogP contribution >= 0.6 is 11.8 Å². The highest BCUT2D eigenvalue weighted by atomic mass is 32.2.